The van der Waals surface area contributed by atoms with E-state index in [2.05, 4.69) is 53.8 Å². The van der Waals surface area contributed by atoms with Gasteiger partial charge in [-0.15, -0.1) is 12.4 Å². The zero-order valence-electron chi connectivity index (χ0n) is 15.3. The molecule has 0 atom stereocenters. The highest BCUT2D eigenvalue weighted by atomic mass is 35.5. The number of hydrogen-bond acceptors (Lipinski definition) is 2. The van der Waals surface area contributed by atoms with Gasteiger partial charge in [-0.2, -0.15) is 0 Å². The van der Waals surface area contributed by atoms with E-state index in [9.17, 15) is 4.79 Å². The van der Waals surface area contributed by atoms with E-state index >= 15 is 0 Å². The average Bonchev–Trinajstić information content (AvgIpc) is 2.93. The van der Waals surface area contributed by atoms with Crippen LogP contribution >= 0.6 is 12.4 Å². The van der Waals surface area contributed by atoms with E-state index in [1.165, 1.54) is 11.1 Å². The van der Waals surface area contributed by atoms with Gasteiger partial charge >= 0.3 is 0 Å². The minimum Gasteiger partial charge on any atom is -0.341 e. The van der Waals surface area contributed by atoms with Gasteiger partial charge in [0.1, 0.15) is 0 Å². The molecule has 4 heteroatoms. The van der Waals surface area contributed by atoms with Gasteiger partial charge in [-0.05, 0) is 42.9 Å². The largest absolute Gasteiger partial charge is 0.341 e. The molecule has 1 heterocycles. The highest BCUT2D eigenvalue weighted by molar-refractivity contribution is 5.85. The molecule has 3 rings (SSSR count). The van der Waals surface area contributed by atoms with Crippen LogP contribution in [0.4, 0.5) is 0 Å². The second-order valence-corrected chi connectivity index (χ2v) is 6.93. The normalized spacial score (nSPS) is 14.6. The van der Waals surface area contributed by atoms with Crippen molar-refractivity contribution in [2.45, 2.75) is 25.7 Å². The predicted octanol–water partition coefficient (Wildman–Crippen LogP) is 3.72. The molecule has 2 aromatic rings. The molecule has 140 valence electrons. The molecule has 1 aliphatic heterocycles. The number of amides is 1. The minimum absolute atomic E-state index is 0. The Labute approximate surface area is 163 Å². The number of rotatable bonds is 6. The molecule has 1 amide bonds. The fraction of sp³-hybridized carbons (Fsp3) is 0.409. The number of halogens is 1. The Morgan fingerprint density at radius 3 is 2.04 bits per heavy atom. The summed E-state index contributed by atoms with van der Waals surface area (Å²) >= 11 is 0. The van der Waals surface area contributed by atoms with Gasteiger partial charge in [-0.1, -0.05) is 60.7 Å². The maximum absolute atomic E-state index is 12.8. The van der Waals surface area contributed by atoms with Gasteiger partial charge in [0.05, 0.1) is 0 Å². The summed E-state index contributed by atoms with van der Waals surface area (Å²) in [4.78, 5) is 14.9. The molecular weight excluding hydrogens is 344 g/mol. The molecule has 26 heavy (non-hydrogen) atoms. The van der Waals surface area contributed by atoms with Crippen molar-refractivity contribution < 1.29 is 4.79 Å². The van der Waals surface area contributed by atoms with E-state index in [1.54, 1.807) is 0 Å². The molecular formula is C22H29ClN2O. The fourth-order valence-electron chi connectivity index (χ4n) is 3.58. The summed E-state index contributed by atoms with van der Waals surface area (Å²) in [6, 6.07) is 21.1. The van der Waals surface area contributed by atoms with Crippen LogP contribution in [0, 0.1) is 5.92 Å². The summed E-state index contributed by atoms with van der Waals surface area (Å²) in [5.41, 5.74) is 2.63. The molecule has 1 N–H and O–H groups in total. The van der Waals surface area contributed by atoms with Crippen LogP contribution in [0.15, 0.2) is 60.7 Å². The van der Waals surface area contributed by atoms with Crippen LogP contribution in [0.5, 0.6) is 0 Å². The lowest BCUT2D eigenvalue weighted by Crippen LogP contribution is -2.35. The zero-order valence-corrected chi connectivity index (χ0v) is 16.1. The van der Waals surface area contributed by atoms with Gasteiger partial charge < -0.3 is 10.2 Å². The van der Waals surface area contributed by atoms with Crippen LogP contribution in [-0.2, 0) is 17.6 Å². The van der Waals surface area contributed by atoms with Crippen LogP contribution < -0.4 is 5.32 Å². The van der Waals surface area contributed by atoms with Gasteiger partial charge in [0, 0.05) is 26.1 Å². The lowest BCUT2D eigenvalue weighted by molar-refractivity contribution is -0.132. The van der Waals surface area contributed by atoms with Crippen LogP contribution in [0.2, 0.25) is 0 Å². The van der Waals surface area contributed by atoms with E-state index in [0.29, 0.717) is 18.2 Å². The van der Waals surface area contributed by atoms with Crippen molar-refractivity contribution in [3.63, 3.8) is 0 Å². The van der Waals surface area contributed by atoms with Crippen molar-refractivity contribution in [3.8, 4) is 0 Å². The number of nitrogens with one attached hydrogen (secondary N) is 1. The summed E-state index contributed by atoms with van der Waals surface area (Å²) in [6.07, 6.45) is 3.58. The molecule has 1 aliphatic rings. The summed E-state index contributed by atoms with van der Waals surface area (Å²) < 4.78 is 0. The Balaban J connectivity index is 0.00000243. The molecule has 1 saturated heterocycles. The Bertz CT molecular complexity index is 598. The topological polar surface area (TPSA) is 32.3 Å². The fourth-order valence-corrected chi connectivity index (χ4v) is 3.58. The SMILES string of the molecule is Cl.O=C(CC(Cc1ccccc1)Cc1ccccc1)N1CCCNCC1. The van der Waals surface area contributed by atoms with Crippen LogP contribution in [-0.4, -0.2) is 37.0 Å². The molecule has 2 aromatic carbocycles. The minimum atomic E-state index is 0. The van der Waals surface area contributed by atoms with E-state index < -0.39 is 0 Å². The number of hydrogen-bond donors (Lipinski definition) is 1. The smallest absolute Gasteiger partial charge is 0.222 e. The van der Waals surface area contributed by atoms with Crippen LogP contribution in [0.3, 0.4) is 0 Å². The quantitative estimate of drug-likeness (QED) is 0.838. The van der Waals surface area contributed by atoms with Crippen molar-refractivity contribution in [1.29, 1.82) is 0 Å². The lowest BCUT2D eigenvalue weighted by Gasteiger charge is -2.24. The number of nitrogens with zero attached hydrogens (tertiary/aromatic N) is 1. The number of benzene rings is 2. The van der Waals surface area contributed by atoms with Gasteiger partial charge in [0.15, 0.2) is 0 Å². The molecule has 0 spiro atoms. The molecule has 1 fully saturated rings. The van der Waals surface area contributed by atoms with E-state index in [1.807, 2.05) is 17.0 Å². The second-order valence-electron chi connectivity index (χ2n) is 6.93. The molecule has 0 saturated carbocycles. The summed E-state index contributed by atoms with van der Waals surface area (Å²) in [5.74, 6) is 0.647. The second kappa shape index (κ2) is 11.0. The standard InChI is InChI=1S/C22H28N2O.ClH/c25-22(24-14-7-12-23-13-15-24)18-21(16-19-8-3-1-4-9-19)17-20-10-5-2-6-11-20;/h1-6,8-11,21,23H,7,12-18H2;1H. The maximum atomic E-state index is 12.8. The summed E-state index contributed by atoms with van der Waals surface area (Å²) in [6.45, 7) is 3.65. The third-order valence-electron chi connectivity index (χ3n) is 4.89. The first-order valence-electron chi connectivity index (χ1n) is 9.37. The van der Waals surface area contributed by atoms with E-state index in [0.717, 1.165) is 45.4 Å². The van der Waals surface area contributed by atoms with Crippen molar-refractivity contribution in [3.05, 3.63) is 71.8 Å². The highest BCUT2D eigenvalue weighted by Crippen LogP contribution is 2.19. The van der Waals surface area contributed by atoms with Gasteiger partial charge in [-0.3, -0.25) is 4.79 Å². The molecule has 0 unspecified atom stereocenters. The predicted molar refractivity (Wildman–Crippen MR) is 110 cm³/mol. The average molecular weight is 373 g/mol. The van der Waals surface area contributed by atoms with E-state index in [4.69, 9.17) is 0 Å². The van der Waals surface area contributed by atoms with Gasteiger partial charge in [-0.25, -0.2) is 0 Å². The third-order valence-corrected chi connectivity index (χ3v) is 4.89. The molecule has 3 nitrogen and oxygen atoms in total. The summed E-state index contributed by atoms with van der Waals surface area (Å²) in [5, 5.41) is 3.37. The van der Waals surface area contributed by atoms with Crippen molar-refractivity contribution >= 4 is 18.3 Å². The third kappa shape index (κ3) is 6.47. The Kier molecular flexibility index (Phi) is 8.66. The maximum Gasteiger partial charge on any atom is 0.222 e. The Hall–Kier alpha value is -1.84. The number of carbonyl (C=O) groups is 1. The molecule has 0 bridgehead atoms. The Morgan fingerprint density at radius 1 is 0.885 bits per heavy atom. The molecule has 0 aromatic heterocycles. The first-order valence-corrected chi connectivity index (χ1v) is 9.37. The first kappa shape index (κ1) is 20.5. The van der Waals surface area contributed by atoms with Crippen molar-refractivity contribution in [2.24, 2.45) is 5.92 Å². The molecule has 0 radical (unpaired) electrons. The van der Waals surface area contributed by atoms with Gasteiger partial charge in [0.25, 0.3) is 0 Å². The van der Waals surface area contributed by atoms with Crippen LogP contribution in [0.1, 0.15) is 24.0 Å². The molecule has 0 aliphatic carbocycles. The highest BCUT2D eigenvalue weighted by Gasteiger charge is 2.20. The lowest BCUT2D eigenvalue weighted by atomic mass is 9.89. The summed E-state index contributed by atoms with van der Waals surface area (Å²) in [7, 11) is 0. The van der Waals surface area contributed by atoms with Crippen molar-refractivity contribution in [2.75, 3.05) is 26.2 Å². The van der Waals surface area contributed by atoms with Gasteiger partial charge in [0.2, 0.25) is 5.91 Å². The van der Waals surface area contributed by atoms with E-state index in [-0.39, 0.29) is 12.4 Å². The Morgan fingerprint density at radius 2 is 1.46 bits per heavy atom. The zero-order chi connectivity index (χ0) is 17.3. The monoisotopic (exact) mass is 372 g/mol. The van der Waals surface area contributed by atoms with Crippen molar-refractivity contribution in [1.82, 2.24) is 10.2 Å². The number of carbonyl (C=O) groups excluding carboxylic acids is 1. The van der Waals surface area contributed by atoms with Crippen LogP contribution in [0.25, 0.3) is 0 Å². The first-order chi connectivity index (χ1) is 12.3.